The molecule has 2 N–H and O–H groups in total. The van der Waals surface area contributed by atoms with Gasteiger partial charge in [-0.3, -0.25) is 4.98 Å². The Labute approximate surface area is 93.0 Å². The van der Waals surface area contributed by atoms with Crippen LogP contribution in [0, 0.1) is 5.41 Å². The third-order valence-electron chi connectivity index (χ3n) is 3.47. The fourth-order valence-corrected chi connectivity index (χ4v) is 2.93. The van der Waals surface area contributed by atoms with Crippen LogP contribution in [0.15, 0.2) is 22.8 Å². The Morgan fingerprint density at radius 1 is 1.57 bits per heavy atom. The summed E-state index contributed by atoms with van der Waals surface area (Å²) < 4.78 is 1.08. The molecule has 0 amide bonds. The average molecular weight is 255 g/mol. The molecule has 0 spiro atoms. The van der Waals surface area contributed by atoms with Crippen molar-refractivity contribution in [2.45, 2.75) is 25.7 Å². The van der Waals surface area contributed by atoms with Crippen LogP contribution in [-0.4, -0.2) is 11.5 Å². The van der Waals surface area contributed by atoms with Crippen LogP contribution in [0.1, 0.15) is 26.0 Å². The number of hydrogen-bond donors (Lipinski definition) is 1. The lowest BCUT2D eigenvalue weighted by Gasteiger charge is -2.18. The van der Waals surface area contributed by atoms with Crippen molar-refractivity contribution in [3.8, 4) is 0 Å². The molecule has 1 heterocycles. The quantitative estimate of drug-likeness (QED) is 0.881. The molecule has 1 saturated carbocycles. The second-order valence-electron chi connectivity index (χ2n) is 4.68. The summed E-state index contributed by atoms with van der Waals surface area (Å²) in [5.41, 5.74) is 7.38. The van der Waals surface area contributed by atoms with Gasteiger partial charge in [-0.15, -0.1) is 0 Å². The maximum atomic E-state index is 5.88. The Morgan fingerprint density at radius 2 is 2.21 bits per heavy atom. The first-order chi connectivity index (χ1) is 6.53. The molecule has 2 rings (SSSR count). The maximum Gasteiger partial charge on any atom is 0.0625 e. The number of hydrogen-bond acceptors (Lipinski definition) is 2. The topological polar surface area (TPSA) is 38.9 Å². The number of aromatic nitrogens is 1. The highest BCUT2D eigenvalue weighted by atomic mass is 79.9. The van der Waals surface area contributed by atoms with E-state index in [1.165, 1.54) is 0 Å². The summed E-state index contributed by atoms with van der Waals surface area (Å²) in [6.45, 7) is 5.18. The molecule has 1 aliphatic rings. The van der Waals surface area contributed by atoms with E-state index >= 15 is 0 Å². The van der Waals surface area contributed by atoms with Crippen LogP contribution in [0.2, 0.25) is 0 Å². The van der Waals surface area contributed by atoms with Crippen LogP contribution in [0.3, 0.4) is 0 Å². The van der Waals surface area contributed by atoms with Gasteiger partial charge < -0.3 is 5.73 Å². The minimum absolute atomic E-state index is 0.0904. The minimum atomic E-state index is 0.0904. The van der Waals surface area contributed by atoms with Crippen LogP contribution in [0.5, 0.6) is 0 Å². The molecule has 1 atom stereocenters. The Bertz CT molecular complexity index is 362. The van der Waals surface area contributed by atoms with Gasteiger partial charge in [-0.25, -0.2) is 0 Å². The van der Waals surface area contributed by atoms with Gasteiger partial charge in [-0.1, -0.05) is 13.8 Å². The SMILES string of the molecule is CC1(C)CC1(CN)c1ncccc1Br. The lowest BCUT2D eigenvalue weighted by molar-refractivity contribution is 0.491. The monoisotopic (exact) mass is 254 g/mol. The second kappa shape index (κ2) is 3.04. The van der Waals surface area contributed by atoms with E-state index in [1.807, 2.05) is 18.3 Å². The molecule has 1 aromatic heterocycles. The maximum absolute atomic E-state index is 5.88. The molecule has 0 bridgehead atoms. The van der Waals surface area contributed by atoms with Crippen molar-refractivity contribution in [2.24, 2.45) is 11.1 Å². The van der Waals surface area contributed by atoms with Gasteiger partial charge >= 0.3 is 0 Å². The van der Waals surface area contributed by atoms with Crippen molar-refractivity contribution < 1.29 is 0 Å². The Balaban J connectivity index is 2.46. The predicted octanol–water partition coefficient (Wildman–Crippen LogP) is 2.47. The molecule has 0 aromatic carbocycles. The highest BCUT2D eigenvalue weighted by Crippen LogP contribution is 2.64. The number of nitrogens with zero attached hydrogens (tertiary/aromatic N) is 1. The average Bonchev–Trinajstić information content (AvgIpc) is 2.70. The molecule has 3 heteroatoms. The normalized spacial score (nSPS) is 28.9. The molecular weight excluding hydrogens is 240 g/mol. The Kier molecular flexibility index (Phi) is 2.20. The largest absolute Gasteiger partial charge is 0.330 e. The zero-order valence-electron chi connectivity index (χ0n) is 8.55. The van der Waals surface area contributed by atoms with Crippen LogP contribution in [-0.2, 0) is 5.41 Å². The van der Waals surface area contributed by atoms with Crippen molar-refractivity contribution in [2.75, 3.05) is 6.54 Å². The number of halogens is 1. The van der Waals surface area contributed by atoms with E-state index in [0.29, 0.717) is 12.0 Å². The molecular formula is C11H15BrN2. The van der Waals surface area contributed by atoms with Crippen LogP contribution < -0.4 is 5.73 Å². The molecule has 0 radical (unpaired) electrons. The highest BCUT2D eigenvalue weighted by molar-refractivity contribution is 9.10. The lowest BCUT2D eigenvalue weighted by atomic mass is 9.92. The van der Waals surface area contributed by atoms with Gasteiger partial charge in [0.1, 0.15) is 0 Å². The summed E-state index contributed by atoms with van der Waals surface area (Å²) in [7, 11) is 0. The van der Waals surface area contributed by atoms with E-state index in [1.54, 1.807) is 0 Å². The molecule has 76 valence electrons. The van der Waals surface area contributed by atoms with Crippen molar-refractivity contribution in [1.82, 2.24) is 4.98 Å². The summed E-state index contributed by atoms with van der Waals surface area (Å²) in [5.74, 6) is 0. The molecule has 1 aromatic rings. The van der Waals surface area contributed by atoms with Gasteiger partial charge in [-0.2, -0.15) is 0 Å². The summed E-state index contributed by atoms with van der Waals surface area (Å²) >= 11 is 3.55. The molecule has 1 fully saturated rings. The van der Waals surface area contributed by atoms with E-state index in [-0.39, 0.29) is 5.41 Å². The first-order valence-corrected chi connectivity index (χ1v) is 5.64. The highest BCUT2D eigenvalue weighted by Gasteiger charge is 2.62. The Hall–Kier alpha value is -0.410. The molecule has 1 aliphatic carbocycles. The van der Waals surface area contributed by atoms with E-state index in [0.717, 1.165) is 16.6 Å². The van der Waals surface area contributed by atoms with Crippen molar-refractivity contribution in [3.05, 3.63) is 28.5 Å². The first kappa shape index (κ1) is 10.1. The first-order valence-electron chi connectivity index (χ1n) is 4.85. The van der Waals surface area contributed by atoms with Gasteiger partial charge in [0.05, 0.1) is 5.69 Å². The van der Waals surface area contributed by atoms with Crippen molar-refractivity contribution in [3.63, 3.8) is 0 Å². The number of nitrogens with two attached hydrogens (primary N) is 1. The van der Waals surface area contributed by atoms with E-state index in [4.69, 9.17) is 5.73 Å². The van der Waals surface area contributed by atoms with Crippen molar-refractivity contribution in [1.29, 1.82) is 0 Å². The van der Waals surface area contributed by atoms with Crippen molar-refractivity contribution >= 4 is 15.9 Å². The molecule has 1 unspecified atom stereocenters. The predicted molar refractivity (Wildman–Crippen MR) is 61.1 cm³/mol. The van der Waals surface area contributed by atoms with Gasteiger partial charge in [0.15, 0.2) is 0 Å². The van der Waals surface area contributed by atoms with Gasteiger partial charge in [0, 0.05) is 22.6 Å². The van der Waals surface area contributed by atoms with E-state index in [2.05, 4.69) is 34.8 Å². The Morgan fingerprint density at radius 3 is 2.64 bits per heavy atom. The summed E-state index contributed by atoms with van der Waals surface area (Å²) in [5, 5.41) is 0. The summed E-state index contributed by atoms with van der Waals surface area (Å²) in [6.07, 6.45) is 2.97. The number of pyridine rings is 1. The zero-order valence-corrected chi connectivity index (χ0v) is 10.1. The van der Waals surface area contributed by atoms with Gasteiger partial charge in [-0.05, 0) is 39.9 Å². The van der Waals surface area contributed by atoms with Gasteiger partial charge in [0.2, 0.25) is 0 Å². The minimum Gasteiger partial charge on any atom is -0.330 e. The second-order valence-corrected chi connectivity index (χ2v) is 5.54. The standard InChI is InChI=1S/C11H15BrN2/c1-10(2)6-11(10,7-13)9-8(12)4-3-5-14-9/h3-5H,6-7,13H2,1-2H3. The third kappa shape index (κ3) is 1.22. The van der Waals surface area contributed by atoms with Crippen LogP contribution >= 0.6 is 15.9 Å². The fourth-order valence-electron chi connectivity index (χ4n) is 2.30. The fraction of sp³-hybridized carbons (Fsp3) is 0.545. The van der Waals surface area contributed by atoms with E-state index < -0.39 is 0 Å². The zero-order chi connectivity index (χ0) is 10.4. The summed E-state index contributed by atoms with van der Waals surface area (Å²) in [6, 6.07) is 3.97. The number of rotatable bonds is 2. The van der Waals surface area contributed by atoms with Crippen LogP contribution in [0.25, 0.3) is 0 Å². The summed E-state index contributed by atoms with van der Waals surface area (Å²) in [4.78, 5) is 4.45. The smallest absolute Gasteiger partial charge is 0.0625 e. The molecule has 14 heavy (non-hydrogen) atoms. The van der Waals surface area contributed by atoms with E-state index in [9.17, 15) is 0 Å². The van der Waals surface area contributed by atoms with Crippen LogP contribution in [0.4, 0.5) is 0 Å². The molecule has 0 saturated heterocycles. The molecule has 2 nitrogen and oxygen atoms in total. The lowest BCUT2D eigenvalue weighted by Crippen LogP contribution is -2.26. The third-order valence-corrected chi connectivity index (χ3v) is 4.11. The molecule has 0 aliphatic heterocycles. The van der Waals surface area contributed by atoms with Gasteiger partial charge in [0.25, 0.3) is 0 Å².